The van der Waals surface area contributed by atoms with Crippen LogP contribution in [0, 0.1) is 6.92 Å². The van der Waals surface area contributed by atoms with E-state index in [2.05, 4.69) is 17.4 Å². The highest BCUT2D eigenvalue weighted by molar-refractivity contribution is 7.80. The highest BCUT2D eigenvalue weighted by atomic mass is 32.1. The standard InChI is InChI=1S/C9H9BF3O2S/c1-5-7(9(14)15-2)3-6(16)4-8(5)10(11,12)13/h3-4,16H,1-2H3/q-1. The van der Waals surface area contributed by atoms with E-state index in [4.69, 9.17) is 0 Å². The van der Waals surface area contributed by atoms with Gasteiger partial charge in [0.15, 0.2) is 0 Å². The first-order valence-electron chi connectivity index (χ1n) is 4.39. The molecule has 0 bridgehead atoms. The number of benzene rings is 1. The van der Waals surface area contributed by atoms with Gasteiger partial charge < -0.3 is 17.7 Å². The van der Waals surface area contributed by atoms with Crippen molar-refractivity contribution in [3.05, 3.63) is 23.3 Å². The molecule has 16 heavy (non-hydrogen) atoms. The van der Waals surface area contributed by atoms with E-state index in [1.165, 1.54) is 13.0 Å². The lowest BCUT2D eigenvalue weighted by Crippen LogP contribution is -2.37. The molecule has 7 heteroatoms. The van der Waals surface area contributed by atoms with Crippen LogP contribution >= 0.6 is 12.6 Å². The quantitative estimate of drug-likeness (QED) is 0.493. The van der Waals surface area contributed by atoms with Gasteiger partial charge in [-0.1, -0.05) is 11.6 Å². The Labute approximate surface area is 96.3 Å². The Balaban J connectivity index is 3.44. The molecule has 88 valence electrons. The Hall–Kier alpha value is -1.11. The molecule has 0 heterocycles. The van der Waals surface area contributed by atoms with Crippen molar-refractivity contribution in [2.75, 3.05) is 7.11 Å². The first-order chi connectivity index (χ1) is 7.27. The maximum atomic E-state index is 12.7. The van der Waals surface area contributed by atoms with Crippen LogP contribution in [0.3, 0.4) is 0 Å². The second-order valence-corrected chi connectivity index (χ2v) is 3.79. The van der Waals surface area contributed by atoms with E-state index >= 15 is 0 Å². The zero-order chi connectivity index (χ0) is 12.5. The maximum Gasteiger partial charge on any atom is 0.509 e. The summed E-state index contributed by atoms with van der Waals surface area (Å²) in [6.07, 6.45) is 0. The molecule has 0 aromatic heterocycles. The number of esters is 1. The van der Waals surface area contributed by atoms with Crippen LogP contribution in [0.2, 0.25) is 0 Å². The van der Waals surface area contributed by atoms with Gasteiger partial charge in [-0.2, -0.15) is 0 Å². The summed E-state index contributed by atoms with van der Waals surface area (Å²) >= 11 is 3.84. The molecule has 0 saturated heterocycles. The van der Waals surface area contributed by atoms with Gasteiger partial charge in [0.2, 0.25) is 0 Å². The van der Waals surface area contributed by atoms with E-state index in [9.17, 15) is 17.7 Å². The molecular weight excluding hydrogens is 240 g/mol. The number of methoxy groups -OCH3 is 1. The minimum Gasteiger partial charge on any atom is -0.465 e. The average Bonchev–Trinajstić information content (AvgIpc) is 2.18. The fraction of sp³-hybridized carbons (Fsp3) is 0.222. The molecule has 0 aliphatic carbocycles. The minimum absolute atomic E-state index is 0.0835. The molecule has 0 fully saturated rings. The van der Waals surface area contributed by atoms with Gasteiger partial charge in [-0.3, -0.25) is 0 Å². The van der Waals surface area contributed by atoms with Crippen molar-refractivity contribution in [1.29, 1.82) is 0 Å². The van der Waals surface area contributed by atoms with Crippen molar-refractivity contribution in [2.24, 2.45) is 0 Å². The van der Waals surface area contributed by atoms with E-state index in [0.29, 0.717) is 0 Å². The normalized spacial score (nSPS) is 11.4. The molecule has 0 aliphatic rings. The molecule has 0 saturated carbocycles. The van der Waals surface area contributed by atoms with Crippen LogP contribution in [0.15, 0.2) is 17.0 Å². The fourth-order valence-electron chi connectivity index (χ4n) is 1.38. The monoisotopic (exact) mass is 249 g/mol. The number of halogens is 3. The molecular formula is C9H9BF3O2S-. The van der Waals surface area contributed by atoms with Crippen molar-refractivity contribution < 1.29 is 22.5 Å². The fourth-order valence-corrected chi connectivity index (χ4v) is 1.65. The van der Waals surface area contributed by atoms with Crippen molar-refractivity contribution in [3.63, 3.8) is 0 Å². The molecule has 0 unspecified atom stereocenters. The molecule has 1 rings (SSSR count). The molecule has 1 aromatic rings. The van der Waals surface area contributed by atoms with Gasteiger partial charge in [-0.25, -0.2) is 4.79 Å². The van der Waals surface area contributed by atoms with Crippen LogP contribution < -0.4 is 5.46 Å². The van der Waals surface area contributed by atoms with Gasteiger partial charge in [0.25, 0.3) is 0 Å². The lowest BCUT2D eigenvalue weighted by atomic mass is 9.76. The Morgan fingerprint density at radius 3 is 2.38 bits per heavy atom. The Morgan fingerprint density at radius 2 is 1.94 bits per heavy atom. The van der Waals surface area contributed by atoms with Crippen LogP contribution in [0.4, 0.5) is 12.9 Å². The third-order valence-electron chi connectivity index (χ3n) is 2.19. The summed E-state index contributed by atoms with van der Waals surface area (Å²) in [6, 6.07) is 2.17. The van der Waals surface area contributed by atoms with Crippen LogP contribution in [0.5, 0.6) is 0 Å². The third-order valence-corrected chi connectivity index (χ3v) is 2.45. The Bertz CT molecular complexity index is 431. The zero-order valence-electron chi connectivity index (χ0n) is 8.63. The number of thiol groups is 1. The highest BCUT2D eigenvalue weighted by Crippen LogP contribution is 2.19. The first-order valence-corrected chi connectivity index (χ1v) is 4.84. The van der Waals surface area contributed by atoms with E-state index in [1.807, 2.05) is 0 Å². The van der Waals surface area contributed by atoms with Gasteiger partial charge >= 0.3 is 12.9 Å². The van der Waals surface area contributed by atoms with Gasteiger partial charge in [0, 0.05) is 4.90 Å². The SMILES string of the molecule is COC(=O)c1cc(S)cc([B-](F)(F)F)c1C. The van der Waals surface area contributed by atoms with E-state index in [0.717, 1.165) is 13.2 Å². The second kappa shape index (κ2) is 4.41. The van der Waals surface area contributed by atoms with E-state index in [1.54, 1.807) is 0 Å². The molecule has 2 nitrogen and oxygen atoms in total. The predicted molar refractivity (Wildman–Crippen MR) is 58.5 cm³/mol. The van der Waals surface area contributed by atoms with Crippen molar-refractivity contribution in [1.82, 2.24) is 0 Å². The topological polar surface area (TPSA) is 26.3 Å². The van der Waals surface area contributed by atoms with Crippen molar-refractivity contribution in [3.8, 4) is 0 Å². The zero-order valence-corrected chi connectivity index (χ0v) is 9.52. The Morgan fingerprint density at radius 1 is 1.38 bits per heavy atom. The van der Waals surface area contributed by atoms with Gasteiger partial charge in [-0.15, -0.1) is 18.1 Å². The number of carbonyl (C=O) groups excluding carboxylic acids is 1. The summed E-state index contributed by atoms with van der Waals surface area (Å²) in [5, 5.41) is 0. The van der Waals surface area contributed by atoms with Gasteiger partial charge in [0.05, 0.1) is 12.7 Å². The summed E-state index contributed by atoms with van der Waals surface area (Å²) in [5.41, 5.74) is -1.05. The lowest BCUT2D eigenvalue weighted by Gasteiger charge is -2.20. The lowest BCUT2D eigenvalue weighted by molar-refractivity contribution is 0.0600. The predicted octanol–water partition coefficient (Wildman–Crippen LogP) is 2.12. The van der Waals surface area contributed by atoms with Gasteiger partial charge in [0.1, 0.15) is 0 Å². The molecule has 0 N–H and O–H groups in total. The molecule has 0 spiro atoms. The number of hydrogen-bond donors (Lipinski definition) is 1. The number of hydrogen-bond acceptors (Lipinski definition) is 3. The first kappa shape index (κ1) is 13.0. The molecule has 0 radical (unpaired) electrons. The largest absolute Gasteiger partial charge is 0.509 e. The molecule has 1 aromatic carbocycles. The van der Waals surface area contributed by atoms with Gasteiger partial charge in [-0.05, 0) is 13.0 Å². The highest BCUT2D eigenvalue weighted by Gasteiger charge is 2.29. The minimum atomic E-state index is -5.16. The molecule has 0 atom stereocenters. The number of carbonyl (C=O) groups is 1. The summed E-state index contributed by atoms with van der Waals surface area (Å²) < 4.78 is 42.4. The van der Waals surface area contributed by atoms with Crippen molar-refractivity contribution in [2.45, 2.75) is 11.8 Å². The van der Waals surface area contributed by atoms with E-state index < -0.39 is 18.4 Å². The van der Waals surface area contributed by atoms with Crippen molar-refractivity contribution >= 4 is 31.0 Å². The molecule has 0 amide bonds. The summed E-state index contributed by atoms with van der Waals surface area (Å²) in [7, 11) is 1.12. The summed E-state index contributed by atoms with van der Waals surface area (Å²) in [6.45, 7) is -3.92. The summed E-state index contributed by atoms with van der Waals surface area (Å²) in [5.74, 6) is -0.797. The van der Waals surface area contributed by atoms with Crippen LogP contribution in [0.25, 0.3) is 0 Å². The summed E-state index contributed by atoms with van der Waals surface area (Å²) in [4.78, 5) is 11.3. The second-order valence-electron chi connectivity index (χ2n) is 3.27. The Kier molecular flexibility index (Phi) is 3.57. The van der Waals surface area contributed by atoms with E-state index in [-0.39, 0.29) is 16.0 Å². The molecule has 0 aliphatic heterocycles. The maximum absolute atomic E-state index is 12.7. The average molecular weight is 249 g/mol. The van der Waals surface area contributed by atoms with Crippen LogP contribution in [-0.2, 0) is 4.74 Å². The van der Waals surface area contributed by atoms with Crippen LogP contribution in [-0.4, -0.2) is 20.1 Å². The number of rotatable bonds is 2. The third kappa shape index (κ3) is 2.52. The van der Waals surface area contributed by atoms with Crippen LogP contribution in [0.1, 0.15) is 15.9 Å². The smallest absolute Gasteiger partial charge is 0.465 e. The number of ether oxygens (including phenoxy) is 1.